The van der Waals surface area contributed by atoms with Gasteiger partial charge in [0.15, 0.2) is 0 Å². The predicted molar refractivity (Wildman–Crippen MR) is 90.1 cm³/mol. The molecule has 0 aromatic carbocycles. The van der Waals surface area contributed by atoms with Crippen molar-refractivity contribution in [1.29, 1.82) is 0 Å². The van der Waals surface area contributed by atoms with Gasteiger partial charge >= 0.3 is 6.03 Å². The molecule has 0 radical (unpaired) electrons. The average Bonchev–Trinajstić information content (AvgIpc) is 3.06. The fourth-order valence-corrected chi connectivity index (χ4v) is 3.29. The topological polar surface area (TPSA) is 76.6 Å². The number of aromatic nitrogens is 2. The van der Waals surface area contributed by atoms with Crippen LogP contribution in [0.25, 0.3) is 0 Å². The minimum atomic E-state index is -0.154. The molecule has 0 aliphatic carbocycles. The zero-order valence-electron chi connectivity index (χ0n) is 13.7. The Kier molecular flexibility index (Phi) is 5.27. The third kappa shape index (κ3) is 4.01. The number of carbonyl (C=O) groups excluding carboxylic acids is 1. The Morgan fingerprint density at radius 2 is 2.38 bits per heavy atom. The van der Waals surface area contributed by atoms with Crippen molar-refractivity contribution in [3.05, 3.63) is 40.0 Å². The lowest BCUT2D eigenvalue weighted by molar-refractivity contribution is -0.0156. The van der Waals surface area contributed by atoms with E-state index in [9.17, 15) is 4.79 Å². The number of pyridine rings is 1. The second-order valence-corrected chi connectivity index (χ2v) is 6.35. The molecule has 1 N–H and O–H groups in total. The molecule has 1 aliphatic rings. The van der Waals surface area contributed by atoms with Gasteiger partial charge in [0.2, 0.25) is 5.88 Å². The highest BCUT2D eigenvalue weighted by molar-refractivity contribution is 7.09. The first-order valence-electron chi connectivity index (χ1n) is 7.72. The van der Waals surface area contributed by atoms with Crippen molar-refractivity contribution in [2.45, 2.75) is 19.6 Å². The van der Waals surface area contributed by atoms with E-state index in [-0.39, 0.29) is 12.1 Å². The van der Waals surface area contributed by atoms with Gasteiger partial charge in [-0.2, -0.15) is 0 Å². The van der Waals surface area contributed by atoms with Crippen molar-refractivity contribution in [2.24, 2.45) is 0 Å². The molecule has 7 nitrogen and oxygen atoms in total. The predicted octanol–water partition coefficient (Wildman–Crippen LogP) is 2.14. The summed E-state index contributed by atoms with van der Waals surface area (Å²) in [5, 5.41) is 5.80. The first-order chi connectivity index (χ1) is 11.7. The van der Waals surface area contributed by atoms with Gasteiger partial charge in [-0.15, -0.1) is 11.3 Å². The Hall–Kier alpha value is -2.19. The van der Waals surface area contributed by atoms with Crippen LogP contribution < -0.4 is 10.1 Å². The zero-order valence-corrected chi connectivity index (χ0v) is 14.5. The maximum atomic E-state index is 12.4. The van der Waals surface area contributed by atoms with E-state index in [1.165, 1.54) is 0 Å². The van der Waals surface area contributed by atoms with Crippen LogP contribution in [0.1, 0.15) is 22.5 Å². The molecular formula is C16H20N4O3S. The number of amides is 2. The minimum absolute atomic E-state index is 0.124. The fraction of sp³-hybridized carbons (Fsp3) is 0.438. The first kappa shape index (κ1) is 16.7. The van der Waals surface area contributed by atoms with Crippen LogP contribution in [-0.2, 0) is 11.3 Å². The molecule has 3 rings (SSSR count). The quantitative estimate of drug-likeness (QED) is 0.916. The minimum Gasteiger partial charge on any atom is -0.481 e. The van der Waals surface area contributed by atoms with Crippen LogP contribution in [0.4, 0.5) is 4.79 Å². The summed E-state index contributed by atoms with van der Waals surface area (Å²) in [5.41, 5.74) is 1.73. The number of aryl methyl sites for hydroxylation is 1. The van der Waals surface area contributed by atoms with E-state index >= 15 is 0 Å². The van der Waals surface area contributed by atoms with E-state index in [1.54, 1.807) is 29.4 Å². The molecule has 2 amide bonds. The second kappa shape index (κ2) is 7.59. The number of urea groups is 1. The number of carbonyl (C=O) groups is 1. The monoisotopic (exact) mass is 348 g/mol. The zero-order chi connectivity index (χ0) is 16.9. The fourth-order valence-electron chi connectivity index (χ4n) is 2.45. The van der Waals surface area contributed by atoms with Crippen molar-refractivity contribution >= 4 is 17.4 Å². The molecule has 0 bridgehead atoms. The summed E-state index contributed by atoms with van der Waals surface area (Å²) in [7, 11) is 1.57. The Labute approximate surface area is 144 Å². The maximum absolute atomic E-state index is 12.4. The van der Waals surface area contributed by atoms with Crippen molar-refractivity contribution in [1.82, 2.24) is 20.2 Å². The Bertz CT molecular complexity index is 706. The molecule has 0 spiro atoms. The number of morpholine rings is 1. The lowest BCUT2D eigenvalue weighted by atomic mass is 10.3. The van der Waals surface area contributed by atoms with Gasteiger partial charge in [0.05, 0.1) is 32.5 Å². The number of ether oxygens (including phenoxy) is 2. The summed E-state index contributed by atoms with van der Waals surface area (Å²) in [4.78, 5) is 22.9. The van der Waals surface area contributed by atoms with E-state index in [4.69, 9.17) is 9.47 Å². The molecule has 1 atom stereocenters. The highest BCUT2D eigenvalue weighted by Gasteiger charge is 2.27. The molecule has 0 saturated carbocycles. The van der Waals surface area contributed by atoms with Crippen LogP contribution in [0.3, 0.4) is 0 Å². The normalized spacial score (nSPS) is 17.6. The lowest BCUT2D eigenvalue weighted by Crippen LogP contribution is -2.47. The van der Waals surface area contributed by atoms with Crippen LogP contribution in [-0.4, -0.2) is 47.7 Å². The molecule has 1 fully saturated rings. The lowest BCUT2D eigenvalue weighted by Gasteiger charge is -2.32. The van der Waals surface area contributed by atoms with Crippen LogP contribution in [0.2, 0.25) is 0 Å². The van der Waals surface area contributed by atoms with Crippen LogP contribution in [0.15, 0.2) is 23.6 Å². The molecule has 128 valence electrons. The molecule has 8 heteroatoms. The number of thiazole rings is 1. The number of nitrogens with one attached hydrogen (secondary N) is 1. The number of rotatable bonds is 4. The van der Waals surface area contributed by atoms with E-state index in [0.29, 0.717) is 32.1 Å². The van der Waals surface area contributed by atoms with Gasteiger partial charge in [0.1, 0.15) is 11.1 Å². The molecule has 24 heavy (non-hydrogen) atoms. The number of nitrogens with zero attached hydrogens (tertiary/aromatic N) is 3. The van der Waals surface area contributed by atoms with Crippen molar-refractivity contribution in [2.75, 3.05) is 26.8 Å². The summed E-state index contributed by atoms with van der Waals surface area (Å²) < 4.78 is 10.8. The summed E-state index contributed by atoms with van der Waals surface area (Å²) in [6.07, 6.45) is -0.154. The highest BCUT2D eigenvalue weighted by atomic mass is 32.1. The summed E-state index contributed by atoms with van der Waals surface area (Å²) in [5.74, 6) is 0.535. The Morgan fingerprint density at radius 1 is 1.50 bits per heavy atom. The Balaban J connectivity index is 1.56. The van der Waals surface area contributed by atoms with Gasteiger partial charge in [-0.1, -0.05) is 6.07 Å². The smallest absolute Gasteiger partial charge is 0.317 e. The maximum Gasteiger partial charge on any atom is 0.317 e. The van der Waals surface area contributed by atoms with Gasteiger partial charge in [-0.25, -0.2) is 14.8 Å². The first-order valence-corrected chi connectivity index (χ1v) is 8.60. The van der Waals surface area contributed by atoms with Crippen molar-refractivity contribution < 1.29 is 14.3 Å². The molecule has 2 aromatic heterocycles. The van der Waals surface area contributed by atoms with Crippen molar-refractivity contribution in [3.8, 4) is 5.88 Å². The third-order valence-corrected chi connectivity index (χ3v) is 4.73. The number of hydrogen-bond acceptors (Lipinski definition) is 6. The van der Waals surface area contributed by atoms with E-state index in [0.717, 1.165) is 16.4 Å². The van der Waals surface area contributed by atoms with Crippen LogP contribution >= 0.6 is 11.3 Å². The van der Waals surface area contributed by atoms with Gasteiger partial charge in [-0.05, 0) is 13.0 Å². The molecular weight excluding hydrogens is 328 g/mol. The molecule has 1 saturated heterocycles. The van der Waals surface area contributed by atoms with E-state index in [2.05, 4.69) is 15.3 Å². The van der Waals surface area contributed by atoms with Gasteiger partial charge in [-0.3, -0.25) is 0 Å². The van der Waals surface area contributed by atoms with Gasteiger partial charge in [0.25, 0.3) is 0 Å². The van der Waals surface area contributed by atoms with Crippen LogP contribution in [0.5, 0.6) is 5.88 Å². The SMILES string of the molecule is COc1cccc(CNC(=O)N2CCO[C@H](c3nc(C)cs3)C2)n1. The van der Waals surface area contributed by atoms with E-state index in [1.807, 2.05) is 24.4 Å². The number of hydrogen-bond donors (Lipinski definition) is 1. The Morgan fingerprint density at radius 3 is 3.12 bits per heavy atom. The summed E-state index contributed by atoms with van der Waals surface area (Å²) in [6, 6.07) is 5.35. The van der Waals surface area contributed by atoms with Crippen molar-refractivity contribution in [3.63, 3.8) is 0 Å². The average molecular weight is 348 g/mol. The standard InChI is InChI=1S/C16H20N4O3S/c1-11-10-24-15(18-11)13-9-20(6-7-23-13)16(21)17-8-12-4-3-5-14(19-12)22-2/h3-5,10,13H,6-9H2,1-2H3,(H,17,21)/t13-/m0/s1. The molecule has 0 unspecified atom stereocenters. The van der Waals surface area contributed by atoms with Gasteiger partial charge < -0.3 is 19.7 Å². The van der Waals surface area contributed by atoms with Crippen LogP contribution in [0, 0.1) is 6.92 Å². The third-order valence-electron chi connectivity index (χ3n) is 3.68. The number of methoxy groups -OCH3 is 1. The highest BCUT2D eigenvalue weighted by Crippen LogP contribution is 2.25. The largest absolute Gasteiger partial charge is 0.481 e. The molecule has 1 aliphatic heterocycles. The van der Waals surface area contributed by atoms with E-state index < -0.39 is 0 Å². The molecule has 3 heterocycles. The summed E-state index contributed by atoms with van der Waals surface area (Å²) in [6.45, 7) is 3.89. The molecule has 2 aromatic rings. The second-order valence-electron chi connectivity index (χ2n) is 5.46. The summed E-state index contributed by atoms with van der Waals surface area (Å²) >= 11 is 1.57. The van der Waals surface area contributed by atoms with Gasteiger partial charge in [0, 0.05) is 23.7 Å².